The molecule has 6 nitrogen and oxygen atoms in total. The number of amides is 1. The van der Waals surface area contributed by atoms with Crippen LogP contribution in [0.15, 0.2) is 72.3 Å². The van der Waals surface area contributed by atoms with Crippen LogP contribution in [-0.4, -0.2) is 28.0 Å². The highest BCUT2D eigenvalue weighted by atomic mass is 19.1. The monoisotopic (exact) mass is 445 g/mol. The molecule has 3 aromatic rings. The van der Waals surface area contributed by atoms with Crippen LogP contribution in [-0.2, 0) is 16.0 Å². The van der Waals surface area contributed by atoms with Crippen LogP contribution in [0.5, 0.6) is 11.5 Å². The Labute approximate surface area is 189 Å². The molecule has 0 bridgehead atoms. The van der Waals surface area contributed by atoms with Gasteiger partial charge < -0.3 is 14.9 Å². The van der Waals surface area contributed by atoms with Crippen molar-refractivity contribution in [1.29, 1.82) is 0 Å². The summed E-state index contributed by atoms with van der Waals surface area (Å²) in [6.07, 6.45) is 0.670. The van der Waals surface area contributed by atoms with E-state index in [0.29, 0.717) is 23.3 Å². The molecular formula is C26H20FNO5. The van der Waals surface area contributed by atoms with Crippen molar-refractivity contribution in [1.82, 2.24) is 0 Å². The number of hydrogen-bond donors (Lipinski definition) is 2. The molecule has 0 aliphatic carbocycles. The number of aliphatic hydroxyl groups excluding tert-OH is 1. The lowest BCUT2D eigenvalue weighted by atomic mass is 9.94. The van der Waals surface area contributed by atoms with Crippen LogP contribution in [0, 0.1) is 5.82 Å². The fraction of sp³-hybridized carbons (Fsp3) is 0.154. The standard InChI is InChI=1S/C26H20FNO5/c1-14-11-17-12-16(7-10-21(17)33-14)24(30)22-23(15-5-8-20(29)9-6-15)28(26(32)25(22)31)19-4-2-3-18(27)13-19/h2-10,12-14,23,29-30H,11H2,1H3/b24-22-. The second-order valence-electron chi connectivity index (χ2n) is 8.20. The number of phenols is 1. The number of carbonyl (C=O) groups excluding carboxylic acids is 2. The fourth-order valence-electron chi connectivity index (χ4n) is 4.42. The highest BCUT2D eigenvalue weighted by Gasteiger charge is 2.47. The average Bonchev–Trinajstić information content (AvgIpc) is 3.29. The molecule has 1 fully saturated rings. The van der Waals surface area contributed by atoms with E-state index in [9.17, 15) is 24.2 Å². The van der Waals surface area contributed by atoms with Crippen molar-refractivity contribution in [3.8, 4) is 11.5 Å². The molecule has 2 N–H and O–H groups in total. The number of aromatic hydroxyl groups is 1. The first-order valence-corrected chi connectivity index (χ1v) is 10.5. The zero-order valence-electron chi connectivity index (χ0n) is 17.7. The number of benzene rings is 3. The van der Waals surface area contributed by atoms with Crippen LogP contribution in [0.2, 0.25) is 0 Å². The lowest BCUT2D eigenvalue weighted by molar-refractivity contribution is -0.132. The molecule has 0 spiro atoms. The van der Waals surface area contributed by atoms with Crippen LogP contribution in [0.1, 0.15) is 29.7 Å². The Kier molecular flexibility index (Phi) is 4.89. The number of aliphatic hydroxyl groups is 1. The van der Waals surface area contributed by atoms with E-state index < -0.39 is 23.5 Å². The van der Waals surface area contributed by atoms with Crippen molar-refractivity contribution in [3.63, 3.8) is 0 Å². The molecule has 2 heterocycles. The Morgan fingerprint density at radius 1 is 1.06 bits per heavy atom. The number of ether oxygens (including phenoxy) is 1. The molecular weight excluding hydrogens is 425 g/mol. The van der Waals surface area contributed by atoms with Gasteiger partial charge in [0.2, 0.25) is 0 Å². The number of phenolic OH excluding ortho intramolecular Hbond substituents is 1. The number of fused-ring (bicyclic) bond motifs is 1. The van der Waals surface area contributed by atoms with Crippen LogP contribution < -0.4 is 9.64 Å². The minimum absolute atomic E-state index is 0.00736. The molecule has 3 aromatic carbocycles. The van der Waals surface area contributed by atoms with Crippen molar-refractivity contribution in [2.45, 2.75) is 25.5 Å². The van der Waals surface area contributed by atoms with Gasteiger partial charge in [-0.05, 0) is 66.6 Å². The van der Waals surface area contributed by atoms with Crippen molar-refractivity contribution >= 4 is 23.1 Å². The number of anilines is 1. The number of hydrogen-bond acceptors (Lipinski definition) is 5. The van der Waals surface area contributed by atoms with Crippen molar-refractivity contribution < 1.29 is 28.9 Å². The van der Waals surface area contributed by atoms with Gasteiger partial charge in [0.25, 0.3) is 11.7 Å². The van der Waals surface area contributed by atoms with Crippen LogP contribution >= 0.6 is 0 Å². The third-order valence-corrected chi connectivity index (χ3v) is 5.91. The van der Waals surface area contributed by atoms with Gasteiger partial charge in [0, 0.05) is 17.7 Å². The van der Waals surface area contributed by atoms with E-state index in [1.807, 2.05) is 6.92 Å². The van der Waals surface area contributed by atoms with E-state index in [2.05, 4.69) is 0 Å². The van der Waals surface area contributed by atoms with Gasteiger partial charge in [0.05, 0.1) is 11.6 Å². The van der Waals surface area contributed by atoms with E-state index in [1.165, 1.54) is 35.2 Å². The molecule has 2 atom stereocenters. The summed E-state index contributed by atoms with van der Waals surface area (Å²) >= 11 is 0. The number of halogens is 1. The number of nitrogens with zero attached hydrogens (tertiary/aromatic N) is 1. The summed E-state index contributed by atoms with van der Waals surface area (Å²) in [5, 5.41) is 20.9. The fourth-order valence-corrected chi connectivity index (χ4v) is 4.42. The Balaban J connectivity index is 1.69. The lowest BCUT2D eigenvalue weighted by Gasteiger charge is -2.25. The summed E-state index contributed by atoms with van der Waals surface area (Å²) in [6, 6.07) is 15.4. The number of ketones is 1. The topological polar surface area (TPSA) is 87.1 Å². The van der Waals surface area contributed by atoms with E-state index in [1.54, 1.807) is 30.3 Å². The van der Waals surface area contributed by atoms with Gasteiger partial charge in [0.1, 0.15) is 29.2 Å². The van der Waals surface area contributed by atoms with E-state index in [-0.39, 0.29) is 28.9 Å². The molecule has 33 heavy (non-hydrogen) atoms. The normalized spacial score (nSPS) is 21.2. The molecule has 0 aromatic heterocycles. The van der Waals surface area contributed by atoms with Gasteiger partial charge in [-0.3, -0.25) is 14.5 Å². The van der Waals surface area contributed by atoms with Gasteiger partial charge in [-0.25, -0.2) is 4.39 Å². The highest BCUT2D eigenvalue weighted by molar-refractivity contribution is 6.51. The third kappa shape index (κ3) is 3.51. The lowest BCUT2D eigenvalue weighted by Crippen LogP contribution is -2.29. The van der Waals surface area contributed by atoms with E-state index >= 15 is 0 Å². The first kappa shape index (κ1) is 20.8. The van der Waals surface area contributed by atoms with Crippen molar-refractivity contribution in [2.75, 3.05) is 4.90 Å². The SMILES string of the molecule is CC1Cc2cc(/C(O)=C3/C(=O)C(=O)N(c4cccc(F)c4)C3c3ccc(O)cc3)ccc2O1. The van der Waals surface area contributed by atoms with E-state index in [0.717, 1.165) is 11.6 Å². The first-order valence-electron chi connectivity index (χ1n) is 10.5. The summed E-state index contributed by atoms with van der Waals surface area (Å²) in [7, 11) is 0. The number of carbonyl (C=O) groups is 2. The van der Waals surface area contributed by atoms with Gasteiger partial charge in [-0.2, -0.15) is 0 Å². The average molecular weight is 445 g/mol. The molecule has 1 amide bonds. The minimum Gasteiger partial charge on any atom is -0.508 e. The second-order valence-corrected chi connectivity index (χ2v) is 8.20. The Morgan fingerprint density at radius 2 is 1.82 bits per heavy atom. The van der Waals surface area contributed by atoms with Gasteiger partial charge in [-0.15, -0.1) is 0 Å². The zero-order chi connectivity index (χ0) is 23.3. The van der Waals surface area contributed by atoms with Crippen LogP contribution in [0.25, 0.3) is 5.76 Å². The molecule has 5 rings (SSSR count). The van der Waals surface area contributed by atoms with Gasteiger partial charge >= 0.3 is 0 Å². The summed E-state index contributed by atoms with van der Waals surface area (Å²) < 4.78 is 19.7. The summed E-state index contributed by atoms with van der Waals surface area (Å²) in [5.41, 5.74) is 1.84. The molecule has 1 saturated heterocycles. The van der Waals surface area contributed by atoms with E-state index in [4.69, 9.17) is 4.74 Å². The minimum atomic E-state index is -1.00. The number of Topliss-reactive ketones (excluding diaryl/α,β-unsaturated/α-hetero) is 1. The second kappa shape index (κ2) is 7.78. The molecule has 2 aliphatic heterocycles. The van der Waals surface area contributed by atoms with Gasteiger partial charge in [0.15, 0.2) is 0 Å². The third-order valence-electron chi connectivity index (χ3n) is 5.91. The van der Waals surface area contributed by atoms with Crippen LogP contribution in [0.3, 0.4) is 0 Å². The molecule has 0 saturated carbocycles. The maximum Gasteiger partial charge on any atom is 0.300 e. The predicted octanol–water partition coefficient (Wildman–Crippen LogP) is 4.48. The zero-order valence-corrected chi connectivity index (χ0v) is 17.7. The first-order chi connectivity index (χ1) is 15.8. The largest absolute Gasteiger partial charge is 0.508 e. The molecule has 2 unspecified atom stereocenters. The smallest absolute Gasteiger partial charge is 0.300 e. The Bertz CT molecular complexity index is 1310. The number of rotatable bonds is 3. The summed E-state index contributed by atoms with van der Waals surface area (Å²) in [4.78, 5) is 27.4. The molecule has 166 valence electrons. The summed E-state index contributed by atoms with van der Waals surface area (Å²) in [5.74, 6) is -1.92. The molecule has 0 radical (unpaired) electrons. The Morgan fingerprint density at radius 3 is 2.55 bits per heavy atom. The van der Waals surface area contributed by atoms with Crippen molar-refractivity contribution in [2.24, 2.45) is 0 Å². The highest BCUT2D eigenvalue weighted by Crippen LogP contribution is 2.43. The van der Waals surface area contributed by atoms with Crippen molar-refractivity contribution in [3.05, 3.63) is 94.8 Å². The maximum absolute atomic E-state index is 14.0. The Hall–Kier alpha value is -4.13. The molecule has 7 heteroatoms. The van der Waals surface area contributed by atoms with Gasteiger partial charge in [-0.1, -0.05) is 18.2 Å². The van der Waals surface area contributed by atoms with Crippen LogP contribution in [0.4, 0.5) is 10.1 Å². The predicted molar refractivity (Wildman–Crippen MR) is 120 cm³/mol. The maximum atomic E-state index is 14.0. The summed E-state index contributed by atoms with van der Waals surface area (Å²) in [6.45, 7) is 1.94. The quantitative estimate of drug-likeness (QED) is 0.353. The molecule has 2 aliphatic rings.